The van der Waals surface area contributed by atoms with Crippen LogP contribution in [0.5, 0.6) is 0 Å². The minimum atomic E-state index is -0.0733. The van der Waals surface area contributed by atoms with Crippen molar-refractivity contribution in [2.24, 2.45) is 0 Å². The van der Waals surface area contributed by atoms with Crippen LogP contribution in [-0.4, -0.2) is 29.0 Å². The van der Waals surface area contributed by atoms with E-state index in [1.165, 1.54) is 6.42 Å². The van der Waals surface area contributed by atoms with Gasteiger partial charge in [-0.15, -0.1) is 11.3 Å². The van der Waals surface area contributed by atoms with Gasteiger partial charge in [0.05, 0.1) is 22.8 Å². The van der Waals surface area contributed by atoms with Crippen LogP contribution < -0.4 is 10.2 Å². The van der Waals surface area contributed by atoms with E-state index < -0.39 is 0 Å². The van der Waals surface area contributed by atoms with Crippen LogP contribution in [0.3, 0.4) is 0 Å². The second-order valence-corrected chi connectivity index (χ2v) is 8.57. The van der Waals surface area contributed by atoms with E-state index in [0.717, 1.165) is 58.7 Å². The highest BCUT2D eigenvalue weighted by molar-refractivity contribution is 7.09. The molecule has 0 spiro atoms. The van der Waals surface area contributed by atoms with Gasteiger partial charge in [0.25, 0.3) is 0 Å². The van der Waals surface area contributed by atoms with Crippen LogP contribution in [0.2, 0.25) is 5.02 Å². The minimum Gasteiger partial charge on any atom is -0.355 e. The molecular formula is C22H23ClN4OS. The molecule has 3 aromatic rings. The highest BCUT2D eigenvalue weighted by Crippen LogP contribution is 2.26. The number of carbonyl (C=O) groups excluding carboxylic acids is 1. The Morgan fingerprint density at radius 3 is 2.86 bits per heavy atom. The number of carbonyl (C=O) groups is 1. The van der Waals surface area contributed by atoms with Crippen molar-refractivity contribution in [3.05, 3.63) is 69.3 Å². The lowest BCUT2D eigenvalue weighted by Crippen LogP contribution is -2.31. The molecule has 0 radical (unpaired) electrons. The number of thiazole rings is 1. The second kappa shape index (κ2) is 9.37. The van der Waals surface area contributed by atoms with E-state index in [4.69, 9.17) is 11.6 Å². The number of rotatable bonds is 6. The van der Waals surface area contributed by atoms with Crippen molar-refractivity contribution in [1.29, 1.82) is 0 Å². The third kappa shape index (κ3) is 5.34. The summed E-state index contributed by atoms with van der Waals surface area (Å²) in [5, 5.41) is 6.68. The van der Waals surface area contributed by atoms with Crippen LogP contribution in [0.15, 0.2) is 48.0 Å². The SMILES string of the molecule is O=C(Cc1csc(Cc2cccc(Cl)c2)n1)Nc1cccnc1N1CCCCC1. The third-order valence-electron chi connectivity index (χ3n) is 4.90. The van der Waals surface area contributed by atoms with Crippen molar-refractivity contribution in [1.82, 2.24) is 9.97 Å². The van der Waals surface area contributed by atoms with Crippen LogP contribution >= 0.6 is 22.9 Å². The molecule has 1 aromatic carbocycles. The van der Waals surface area contributed by atoms with E-state index in [2.05, 4.69) is 20.2 Å². The molecular weight excluding hydrogens is 404 g/mol. The van der Waals surface area contributed by atoms with Gasteiger partial charge in [-0.3, -0.25) is 4.79 Å². The van der Waals surface area contributed by atoms with Gasteiger partial charge < -0.3 is 10.2 Å². The fourth-order valence-electron chi connectivity index (χ4n) is 3.54. The van der Waals surface area contributed by atoms with Gasteiger partial charge in [-0.05, 0) is 49.1 Å². The summed E-state index contributed by atoms with van der Waals surface area (Å²) in [7, 11) is 0. The first-order chi connectivity index (χ1) is 14.2. The Balaban J connectivity index is 1.39. The molecule has 3 heterocycles. The molecule has 1 saturated heterocycles. The Hall–Kier alpha value is -2.44. The van der Waals surface area contributed by atoms with Crippen LogP contribution in [0, 0.1) is 0 Å². The van der Waals surface area contributed by atoms with Crippen LogP contribution in [0.4, 0.5) is 11.5 Å². The zero-order chi connectivity index (χ0) is 20.1. The van der Waals surface area contributed by atoms with Gasteiger partial charge in [-0.1, -0.05) is 23.7 Å². The topological polar surface area (TPSA) is 58.1 Å². The lowest BCUT2D eigenvalue weighted by molar-refractivity contribution is -0.115. The quantitative estimate of drug-likeness (QED) is 0.605. The highest BCUT2D eigenvalue weighted by atomic mass is 35.5. The summed E-state index contributed by atoms with van der Waals surface area (Å²) in [5.74, 6) is 0.788. The van der Waals surface area contributed by atoms with Crippen molar-refractivity contribution >= 4 is 40.4 Å². The number of halogens is 1. The van der Waals surface area contributed by atoms with Crippen molar-refractivity contribution in [3.8, 4) is 0 Å². The smallest absolute Gasteiger partial charge is 0.230 e. The molecule has 0 aliphatic carbocycles. The standard InChI is InChI=1S/C22H23ClN4OS/c23-17-7-4-6-16(12-17)13-21-25-18(15-29-21)14-20(28)26-19-8-5-9-24-22(19)27-10-2-1-3-11-27/h4-9,12,15H,1-3,10-11,13-14H2,(H,26,28). The molecule has 4 rings (SSSR count). The summed E-state index contributed by atoms with van der Waals surface area (Å²) in [4.78, 5) is 24.0. The highest BCUT2D eigenvalue weighted by Gasteiger charge is 2.17. The third-order valence-corrected chi connectivity index (χ3v) is 6.03. The van der Waals surface area contributed by atoms with Gasteiger partial charge in [-0.25, -0.2) is 9.97 Å². The molecule has 150 valence electrons. The number of benzene rings is 1. The van der Waals surface area contributed by atoms with Crippen molar-refractivity contribution in [2.45, 2.75) is 32.1 Å². The van der Waals surface area contributed by atoms with Gasteiger partial charge in [0.1, 0.15) is 0 Å². The Morgan fingerprint density at radius 1 is 1.17 bits per heavy atom. The molecule has 1 aliphatic heterocycles. The van der Waals surface area contributed by atoms with Gasteiger partial charge in [-0.2, -0.15) is 0 Å². The summed E-state index contributed by atoms with van der Waals surface area (Å²) < 4.78 is 0. The maximum atomic E-state index is 12.6. The summed E-state index contributed by atoms with van der Waals surface area (Å²) in [6, 6.07) is 11.5. The predicted octanol–water partition coefficient (Wildman–Crippen LogP) is 4.95. The Bertz CT molecular complexity index is 984. The number of amides is 1. The summed E-state index contributed by atoms with van der Waals surface area (Å²) in [6.07, 6.45) is 6.33. The van der Waals surface area contributed by atoms with E-state index in [1.807, 2.05) is 41.8 Å². The second-order valence-electron chi connectivity index (χ2n) is 7.19. The molecule has 1 amide bonds. The molecule has 2 aromatic heterocycles. The molecule has 0 atom stereocenters. The lowest BCUT2D eigenvalue weighted by Gasteiger charge is -2.29. The maximum Gasteiger partial charge on any atom is 0.230 e. The molecule has 5 nitrogen and oxygen atoms in total. The van der Waals surface area contributed by atoms with E-state index in [0.29, 0.717) is 6.42 Å². The molecule has 1 aliphatic rings. The molecule has 0 saturated carbocycles. The molecule has 0 unspecified atom stereocenters. The molecule has 1 N–H and O–H groups in total. The van der Waals surface area contributed by atoms with Crippen LogP contribution in [0.1, 0.15) is 35.5 Å². The van der Waals surface area contributed by atoms with E-state index in [9.17, 15) is 4.79 Å². The molecule has 0 bridgehead atoms. The predicted molar refractivity (Wildman–Crippen MR) is 119 cm³/mol. The maximum absolute atomic E-state index is 12.6. The number of pyridine rings is 1. The average Bonchev–Trinajstić information content (AvgIpc) is 3.15. The monoisotopic (exact) mass is 426 g/mol. The van der Waals surface area contributed by atoms with Gasteiger partial charge >= 0.3 is 0 Å². The zero-order valence-corrected chi connectivity index (χ0v) is 17.7. The van der Waals surface area contributed by atoms with E-state index >= 15 is 0 Å². The largest absolute Gasteiger partial charge is 0.355 e. The number of piperidine rings is 1. The first-order valence-corrected chi connectivity index (χ1v) is 11.1. The van der Waals surface area contributed by atoms with Crippen molar-refractivity contribution in [2.75, 3.05) is 23.3 Å². The van der Waals surface area contributed by atoms with Crippen LogP contribution in [-0.2, 0) is 17.6 Å². The number of hydrogen-bond acceptors (Lipinski definition) is 5. The molecule has 1 fully saturated rings. The fraction of sp³-hybridized carbons (Fsp3) is 0.318. The van der Waals surface area contributed by atoms with Gasteiger partial charge in [0.2, 0.25) is 5.91 Å². The average molecular weight is 427 g/mol. The number of aromatic nitrogens is 2. The first kappa shape index (κ1) is 19.9. The summed E-state index contributed by atoms with van der Waals surface area (Å²) >= 11 is 7.62. The number of nitrogens with one attached hydrogen (secondary N) is 1. The normalized spacial score (nSPS) is 14.0. The Labute approximate surface area is 179 Å². The van der Waals surface area contributed by atoms with Crippen molar-refractivity contribution < 1.29 is 4.79 Å². The lowest BCUT2D eigenvalue weighted by atomic mass is 10.1. The summed E-state index contributed by atoms with van der Waals surface area (Å²) in [6.45, 7) is 1.97. The molecule has 29 heavy (non-hydrogen) atoms. The number of nitrogens with zero attached hydrogens (tertiary/aromatic N) is 3. The van der Waals surface area contributed by atoms with Gasteiger partial charge in [0.15, 0.2) is 5.82 Å². The Kier molecular flexibility index (Phi) is 6.42. The summed E-state index contributed by atoms with van der Waals surface area (Å²) in [5.41, 5.74) is 2.67. The van der Waals surface area contributed by atoms with Gasteiger partial charge in [0, 0.05) is 36.1 Å². The molecule has 7 heteroatoms. The van der Waals surface area contributed by atoms with Crippen LogP contribution in [0.25, 0.3) is 0 Å². The van der Waals surface area contributed by atoms with Crippen molar-refractivity contribution in [3.63, 3.8) is 0 Å². The zero-order valence-electron chi connectivity index (χ0n) is 16.1. The van der Waals surface area contributed by atoms with E-state index in [1.54, 1.807) is 17.5 Å². The number of hydrogen-bond donors (Lipinski definition) is 1. The Morgan fingerprint density at radius 2 is 2.03 bits per heavy atom. The fourth-order valence-corrected chi connectivity index (χ4v) is 4.58. The number of anilines is 2. The van der Waals surface area contributed by atoms with E-state index in [-0.39, 0.29) is 12.3 Å². The first-order valence-electron chi connectivity index (χ1n) is 9.85. The minimum absolute atomic E-state index is 0.0733.